The zero-order valence-electron chi connectivity index (χ0n) is 15.3. The van der Waals surface area contributed by atoms with E-state index in [1.807, 2.05) is 25.5 Å². The number of aromatic nitrogens is 2. The number of carbonyl (C=O) groups is 1. The summed E-state index contributed by atoms with van der Waals surface area (Å²) in [5, 5.41) is 16.8. The molecule has 1 aliphatic heterocycles. The third-order valence-electron chi connectivity index (χ3n) is 5.10. The molecular weight excluding hydrogens is 318 g/mol. The van der Waals surface area contributed by atoms with Gasteiger partial charge in [0.05, 0.1) is 37.6 Å². The molecule has 1 amide bonds. The zero-order chi connectivity index (χ0) is 18.0. The van der Waals surface area contributed by atoms with Crippen LogP contribution in [0.3, 0.4) is 0 Å². The van der Waals surface area contributed by atoms with Crippen molar-refractivity contribution in [3.8, 4) is 6.07 Å². The Morgan fingerprint density at radius 3 is 2.88 bits per heavy atom. The van der Waals surface area contributed by atoms with Crippen molar-refractivity contribution in [3.63, 3.8) is 0 Å². The summed E-state index contributed by atoms with van der Waals surface area (Å²) in [6, 6.07) is 4.32. The van der Waals surface area contributed by atoms with Crippen LogP contribution in [0.5, 0.6) is 0 Å². The molecule has 2 atom stereocenters. The molecule has 3 rings (SSSR count). The minimum atomic E-state index is -0.730. The smallest absolute Gasteiger partial charge is 0.235 e. The van der Waals surface area contributed by atoms with E-state index in [1.54, 1.807) is 0 Å². The summed E-state index contributed by atoms with van der Waals surface area (Å²) in [5.74, 6) is 0.215. The lowest BCUT2D eigenvalue weighted by molar-refractivity contribution is -0.125. The van der Waals surface area contributed by atoms with E-state index in [0.717, 1.165) is 30.8 Å². The molecule has 2 fully saturated rings. The molecule has 0 radical (unpaired) electrons. The number of nitrogens with one attached hydrogen (secondary N) is 1. The number of ether oxygens (including phenoxy) is 1. The van der Waals surface area contributed by atoms with E-state index in [0.29, 0.717) is 32.2 Å². The lowest BCUT2D eigenvalue weighted by Crippen LogP contribution is -2.53. The largest absolute Gasteiger partial charge is 0.374 e. The van der Waals surface area contributed by atoms with Crippen molar-refractivity contribution in [2.75, 3.05) is 26.2 Å². The highest BCUT2D eigenvalue weighted by Crippen LogP contribution is 2.39. The van der Waals surface area contributed by atoms with Crippen molar-refractivity contribution in [2.45, 2.75) is 51.8 Å². The molecule has 7 nitrogen and oxygen atoms in total. The van der Waals surface area contributed by atoms with E-state index in [-0.39, 0.29) is 12.0 Å². The Labute approximate surface area is 148 Å². The van der Waals surface area contributed by atoms with Crippen LogP contribution in [0.15, 0.2) is 6.07 Å². The molecule has 7 heteroatoms. The highest BCUT2D eigenvalue weighted by molar-refractivity contribution is 5.79. The Morgan fingerprint density at radius 2 is 2.28 bits per heavy atom. The minimum Gasteiger partial charge on any atom is -0.374 e. The number of hydrogen-bond acceptors (Lipinski definition) is 5. The number of nitrogens with zero attached hydrogens (tertiary/aromatic N) is 4. The van der Waals surface area contributed by atoms with E-state index in [1.165, 1.54) is 0 Å². The predicted molar refractivity (Wildman–Crippen MR) is 92.8 cm³/mol. The summed E-state index contributed by atoms with van der Waals surface area (Å²) in [6.45, 7) is 8.87. The first-order chi connectivity index (χ1) is 11.9. The van der Waals surface area contributed by atoms with Crippen LogP contribution >= 0.6 is 0 Å². The highest BCUT2D eigenvalue weighted by Gasteiger charge is 2.43. The molecule has 0 spiro atoms. The van der Waals surface area contributed by atoms with Crippen LogP contribution in [-0.4, -0.2) is 58.5 Å². The van der Waals surface area contributed by atoms with Gasteiger partial charge < -0.3 is 10.1 Å². The maximum Gasteiger partial charge on any atom is 0.235 e. The Hall–Kier alpha value is -1.91. The first kappa shape index (κ1) is 17.9. The fourth-order valence-electron chi connectivity index (χ4n) is 3.50. The molecule has 136 valence electrons. The molecule has 25 heavy (non-hydrogen) atoms. The van der Waals surface area contributed by atoms with Crippen LogP contribution in [0, 0.1) is 31.1 Å². The summed E-state index contributed by atoms with van der Waals surface area (Å²) in [7, 11) is 0. The van der Waals surface area contributed by atoms with Crippen molar-refractivity contribution in [2.24, 2.45) is 5.92 Å². The van der Waals surface area contributed by atoms with Gasteiger partial charge in [-0.3, -0.25) is 14.4 Å². The number of carbonyl (C=O) groups excluding carboxylic acids is 1. The quantitative estimate of drug-likeness (QED) is 0.832. The van der Waals surface area contributed by atoms with Crippen molar-refractivity contribution in [3.05, 3.63) is 17.5 Å². The number of rotatable bonds is 6. The van der Waals surface area contributed by atoms with Crippen molar-refractivity contribution >= 4 is 5.91 Å². The maximum absolute atomic E-state index is 12.4. The molecule has 1 aliphatic carbocycles. The lowest BCUT2D eigenvalue weighted by atomic mass is 9.98. The summed E-state index contributed by atoms with van der Waals surface area (Å²) in [6.07, 6.45) is 2.06. The zero-order valence-corrected chi connectivity index (χ0v) is 15.3. The standard InChI is InChI=1S/C18H27N5O2/c1-13-8-14(2)23(21-13)10-16-9-22(6-7-25-16)11-17(24)20-18(3,12-19)15-4-5-15/h8,15-16H,4-7,9-11H2,1-3H3,(H,20,24). The average Bonchev–Trinajstić information content (AvgIpc) is 3.35. The number of morpholine rings is 1. The van der Waals surface area contributed by atoms with E-state index in [2.05, 4.69) is 27.5 Å². The van der Waals surface area contributed by atoms with Gasteiger partial charge in [0.1, 0.15) is 5.54 Å². The van der Waals surface area contributed by atoms with Crippen molar-refractivity contribution in [1.82, 2.24) is 20.0 Å². The molecule has 0 aromatic carbocycles. The second-order valence-corrected chi connectivity index (χ2v) is 7.47. The molecule has 2 heterocycles. The summed E-state index contributed by atoms with van der Waals surface area (Å²) >= 11 is 0. The number of nitriles is 1. The van der Waals surface area contributed by atoms with Gasteiger partial charge in [-0.05, 0) is 45.6 Å². The van der Waals surface area contributed by atoms with Gasteiger partial charge in [0.15, 0.2) is 0 Å². The Bertz CT molecular complexity index is 675. The average molecular weight is 345 g/mol. The maximum atomic E-state index is 12.4. The fraction of sp³-hybridized carbons (Fsp3) is 0.722. The molecule has 1 aromatic heterocycles. The van der Waals surface area contributed by atoms with Gasteiger partial charge in [-0.25, -0.2) is 0 Å². The van der Waals surface area contributed by atoms with Crippen LogP contribution in [-0.2, 0) is 16.1 Å². The van der Waals surface area contributed by atoms with E-state index in [4.69, 9.17) is 4.74 Å². The number of hydrogen-bond donors (Lipinski definition) is 1. The summed E-state index contributed by atoms with van der Waals surface area (Å²) in [5.41, 5.74) is 1.39. The number of aryl methyl sites for hydroxylation is 2. The molecule has 1 N–H and O–H groups in total. The van der Waals surface area contributed by atoms with Crippen molar-refractivity contribution < 1.29 is 9.53 Å². The third-order valence-corrected chi connectivity index (χ3v) is 5.10. The van der Waals surface area contributed by atoms with Crippen molar-refractivity contribution in [1.29, 1.82) is 5.26 Å². The first-order valence-corrected chi connectivity index (χ1v) is 8.97. The van der Waals surface area contributed by atoms with Gasteiger partial charge >= 0.3 is 0 Å². The minimum absolute atomic E-state index is 0.0188. The molecule has 1 saturated carbocycles. The second-order valence-electron chi connectivity index (χ2n) is 7.47. The Balaban J connectivity index is 1.52. The SMILES string of the molecule is Cc1cc(C)n(CC2CN(CC(=O)NC(C)(C#N)C3CC3)CCO2)n1. The first-order valence-electron chi connectivity index (χ1n) is 8.97. The molecule has 1 aromatic rings. The Morgan fingerprint density at radius 1 is 1.52 bits per heavy atom. The van der Waals surface area contributed by atoms with Crippen LogP contribution < -0.4 is 5.32 Å². The van der Waals surface area contributed by atoms with Gasteiger partial charge in [0, 0.05) is 18.8 Å². The topological polar surface area (TPSA) is 83.2 Å². The van der Waals surface area contributed by atoms with Crippen LogP contribution in [0.25, 0.3) is 0 Å². The van der Waals surface area contributed by atoms with Gasteiger partial charge in [-0.2, -0.15) is 10.4 Å². The van der Waals surface area contributed by atoms with Crippen LogP contribution in [0.4, 0.5) is 0 Å². The van der Waals surface area contributed by atoms with Gasteiger partial charge in [0.25, 0.3) is 0 Å². The fourth-order valence-corrected chi connectivity index (χ4v) is 3.50. The summed E-state index contributed by atoms with van der Waals surface area (Å²) < 4.78 is 7.80. The molecule has 2 unspecified atom stereocenters. The van der Waals surface area contributed by atoms with Gasteiger partial charge in [0.2, 0.25) is 5.91 Å². The normalized spacial score (nSPS) is 23.7. The second kappa shape index (κ2) is 7.14. The lowest BCUT2D eigenvalue weighted by Gasteiger charge is -2.33. The number of amides is 1. The van der Waals surface area contributed by atoms with Gasteiger partial charge in [-0.1, -0.05) is 0 Å². The molecule has 2 aliphatic rings. The molecular formula is C18H27N5O2. The van der Waals surface area contributed by atoms with E-state index in [9.17, 15) is 10.1 Å². The van der Waals surface area contributed by atoms with Crippen LogP contribution in [0.2, 0.25) is 0 Å². The predicted octanol–water partition coefficient (Wildman–Crippen LogP) is 1.01. The summed E-state index contributed by atoms with van der Waals surface area (Å²) in [4.78, 5) is 14.5. The van der Waals surface area contributed by atoms with Crippen LogP contribution in [0.1, 0.15) is 31.2 Å². The molecule has 0 bridgehead atoms. The third kappa shape index (κ3) is 4.39. The van der Waals surface area contributed by atoms with E-state index < -0.39 is 5.54 Å². The van der Waals surface area contributed by atoms with E-state index >= 15 is 0 Å². The molecule has 1 saturated heterocycles. The highest BCUT2D eigenvalue weighted by atomic mass is 16.5. The monoisotopic (exact) mass is 345 g/mol. The van der Waals surface area contributed by atoms with Gasteiger partial charge in [-0.15, -0.1) is 0 Å². The Kier molecular flexibility index (Phi) is 5.11.